The Morgan fingerprint density at radius 1 is 1.13 bits per heavy atom. The van der Waals surface area contributed by atoms with E-state index < -0.39 is 0 Å². The Hall–Kier alpha value is -1.06. The fourth-order valence-electron chi connectivity index (χ4n) is 1.07. The monoisotopic (exact) mass is 216 g/mol. The van der Waals surface area contributed by atoms with Crippen molar-refractivity contribution in [2.24, 2.45) is 5.41 Å². The van der Waals surface area contributed by atoms with Crippen molar-refractivity contribution in [1.29, 1.82) is 0 Å². The molecule has 0 atom stereocenters. The molecule has 0 radical (unpaired) electrons. The third kappa shape index (κ3) is 3.53. The van der Waals surface area contributed by atoms with Crippen molar-refractivity contribution in [3.05, 3.63) is 0 Å². The van der Waals surface area contributed by atoms with Crippen LogP contribution in [0.3, 0.4) is 0 Å². The second kappa shape index (κ2) is 4.21. The summed E-state index contributed by atoms with van der Waals surface area (Å²) in [5, 5.41) is 0. The fraction of sp³-hybridized carbons (Fsp3) is 0.818. The van der Waals surface area contributed by atoms with Crippen LogP contribution in [0.5, 0.6) is 0 Å². The number of hydrogen-bond acceptors (Lipinski definition) is 4. The van der Waals surface area contributed by atoms with Gasteiger partial charge >= 0.3 is 11.9 Å². The van der Waals surface area contributed by atoms with Crippen LogP contribution in [-0.4, -0.2) is 24.1 Å². The van der Waals surface area contributed by atoms with Gasteiger partial charge in [-0.15, -0.1) is 0 Å². The summed E-state index contributed by atoms with van der Waals surface area (Å²) in [5.41, 5.74) is -0.336. The normalized spacial score (nSPS) is 24.0. The molecular weight excluding hydrogens is 196 g/mol. The van der Waals surface area contributed by atoms with Gasteiger partial charge in [-0.25, -0.2) is 0 Å². The van der Waals surface area contributed by atoms with E-state index in [0.717, 1.165) is 0 Å². The molecule has 0 amide bonds. The highest BCUT2D eigenvalue weighted by atomic mass is 16.6. The molecule has 2 aliphatic rings. The van der Waals surface area contributed by atoms with Crippen LogP contribution in [0.15, 0.2) is 0 Å². The van der Waals surface area contributed by atoms with Gasteiger partial charge in [0.2, 0.25) is 0 Å². The summed E-state index contributed by atoms with van der Waals surface area (Å²) >= 11 is 0. The van der Waals surface area contributed by atoms with Gasteiger partial charge in [-0.2, -0.15) is 0 Å². The van der Waals surface area contributed by atoms with Gasteiger partial charge in [-0.1, -0.05) is 7.43 Å². The predicted octanol–water partition coefficient (Wildman–Crippen LogP) is 1.92. The third-order valence-electron chi connectivity index (χ3n) is 2.08. The summed E-state index contributed by atoms with van der Waals surface area (Å²) in [4.78, 5) is 20.4. The second-order valence-corrected chi connectivity index (χ2v) is 4.87. The molecule has 4 nitrogen and oxygen atoms in total. The third-order valence-corrected chi connectivity index (χ3v) is 2.08. The van der Waals surface area contributed by atoms with Crippen LogP contribution in [0.25, 0.3) is 0 Å². The molecule has 0 aromatic rings. The van der Waals surface area contributed by atoms with Crippen LogP contribution in [0, 0.1) is 5.41 Å². The SMILES string of the molecule is C.CC1(C)CC(=O)O1.CC1(C)COC1=O. The molecule has 0 aromatic heterocycles. The Bertz CT molecular complexity index is 256. The molecule has 0 aromatic carbocycles. The number of cyclic esters (lactones) is 2. The highest BCUT2D eigenvalue weighted by Gasteiger charge is 2.39. The van der Waals surface area contributed by atoms with Gasteiger partial charge in [0.05, 0.1) is 11.8 Å². The highest BCUT2D eigenvalue weighted by molar-refractivity contribution is 5.80. The molecular formula is C11H20O4. The molecule has 15 heavy (non-hydrogen) atoms. The van der Waals surface area contributed by atoms with Gasteiger partial charge in [-0.05, 0) is 27.7 Å². The predicted molar refractivity (Wildman–Crippen MR) is 56.3 cm³/mol. The largest absolute Gasteiger partial charge is 0.464 e. The van der Waals surface area contributed by atoms with E-state index in [4.69, 9.17) is 0 Å². The zero-order chi connectivity index (χ0) is 11.0. The maximum absolute atomic E-state index is 10.3. The Morgan fingerprint density at radius 2 is 1.53 bits per heavy atom. The summed E-state index contributed by atoms with van der Waals surface area (Å²) < 4.78 is 9.19. The Balaban J connectivity index is 0.000000245. The van der Waals surface area contributed by atoms with Crippen LogP contribution in [0.4, 0.5) is 0 Å². The summed E-state index contributed by atoms with van der Waals surface area (Å²) in [6.07, 6.45) is 0.576. The smallest absolute Gasteiger partial charge is 0.315 e. The lowest BCUT2D eigenvalue weighted by Crippen LogP contribution is -2.42. The number of hydrogen-bond donors (Lipinski definition) is 0. The molecule has 4 heteroatoms. The van der Waals surface area contributed by atoms with E-state index in [1.807, 2.05) is 27.7 Å². The minimum Gasteiger partial charge on any atom is -0.464 e. The average molecular weight is 216 g/mol. The molecule has 0 unspecified atom stereocenters. The van der Waals surface area contributed by atoms with Crippen molar-refractivity contribution in [3.63, 3.8) is 0 Å². The topological polar surface area (TPSA) is 52.6 Å². The van der Waals surface area contributed by atoms with Gasteiger partial charge in [0.25, 0.3) is 0 Å². The minimum absolute atomic E-state index is 0. The van der Waals surface area contributed by atoms with E-state index in [1.165, 1.54) is 0 Å². The Labute approximate surface area is 90.9 Å². The standard InChI is InChI=1S/2C5H8O2.CH4/c1-5(2)3-7-4(5)6;1-5(2)3-4(6)7-5;/h2*3H2,1-2H3;1H4. The number of rotatable bonds is 0. The van der Waals surface area contributed by atoms with Crippen molar-refractivity contribution in [3.8, 4) is 0 Å². The summed E-state index contributed by atoms with van der Waals surface area (Å²) in [5.74, 6) is -0.155. The van der Waals surface area contributed by atoms with Crippen molar-refractivity contribution < 1.29 is 19.1 Å². The molecule has 0 saturated carbocycles. The van der Waals surface area contributed by atoms with Crippen molar-refractivity contribution in [2.75, 3.05) is 6.61 Å². The maximum Gasteiger partial charge on any atom is 0.315 e. The van der Waals surface area contributed by atoms with E-state index in [-0.39, 0.29) is 30.4 Å². The molecule has 0 aliphatic carbocycles. The summed E-state index contributed by atoms with van der Waals surface area (Å²) in [7, 11) is 0. The number of carbonyl (C=O) groups excluding carboxylic acids is 2. The Morgan fingerprint density at radius 3 is 1.53 bits per heavy atom. The van der Waals surface area contributed by atoms with E-state index in [9.17, 15) is 9.59 Å². The van der Waals surface area contributed by atoms with Gasteiger partial charge < -0.3 is 9.47 Å². The lowest BCUT2D eigenvalue weighted by molar-refractivity contribution is -0.184. The van der Waals surface area contributed by atoms with Crippen LogP contribution in [0.1, 0.15) is 41.5 Å². The van der Waals surface area contributed by atoms with Gasteiger partial charge in [0.1, 0.15) is 12.2 Å². The first kappa shape index (κ1) is 13.9. The van der Waals surface area contributed by atoms with Gasteiger partial charge in [0.15, 0.2) is 0 Å². The quantitative estimate of drug-likeness (QED) is 0.580. The number of carbonyl (C=O) groups is 2. The van der Waals surface area contributed by atoms with Gasteiger partial charge in [0, 0.05) is 0 Å². The second-order valence-electron chi connectivity index (χ2n) is 4.87. The average Bonchev–Trinajstić information content (AvgIpc) is 2.00. The minimum atomic E-state index is -0.181. The molecule has 2 rings (SSSR count). The van der Waals surface area contributed by atoms with Crippen LogP contribution in [0.2, 0.25) is 0 Å². The first-order valence-corrected chi connectivity index (χ1v) is 4.62. The van der Waals surface area contributed by atoms with E-state index in [0.29, 0.717) is 13.0 Å². The van der Waals surface area contributed by atoms with Crippen molar-refractivity contribution in [2.45, 2.75) is 47.1 Å². The van der Waals surface area contributed by atoms with Crippen molar-refractivity contribution >= 4 is 11.9 Å². The molecule has 88 valence electrons. The van der Waals surface area contributed by atoms with Crippen LogP contribution in [-0.2, 0) is 19.1 Å². The Kier molecular flexibility index (Phi) is 3.91. The van der Waals surface area contributed by atoms with E-state index in [1.54, 1.807) is 0 Å². The molecule has 2 saturated heterocycles. The highest BCUT2D eigenvalue weighted by Crippen LogP contribution is 2.26. The lowest BCUT2D eigenvalue weighted by Gasteiger charge is -2.32. The fourth-order valence-corrected chi connectivity index (χ4v) is 1.07. The molecule has 2 fully saturated rings. The molecule has 0 N–H and O–H groups in total. The zero-order valence-electron chi connectivity index (χ0n) is 9.05. The molecule has 2 heterocycles. The summed E-state index contributed by atoms with van der Waals surface area (Å²) in [6.45, 7) is 8.13. The molecule has 0 spiro atoms. The number of esters is 2. The first-order chi connectivity index (χ1) is 6.23. The first-order valence-electron chi connectivity index (χ1n) is 4.62. The lowest BCUT2D eigenvalue weighted by atomic mass is 9.91. The van der Waals surface area contributed by atoms with Crippen molar-refractivity contribution in [1.82, 2.24) is 0 Å². The number of ether oxygens (including phenoxy) is 2. The molecule has 0 bridgehead atoms. The summed E-state index contributed by atoms with van der Waals surface area (Å²) in [6, 6.07) is 0. The van der Waals surface area contributed by atoms with Crippen LogP contribution >= 0.6 is 0 Å². The van der Waals surface area contributed by atoms with E-state index >= 15 is 0 Å². The molecule has 2 aliphatic heterocycles. The zero-order valence-corrected chi connectivity index (χ0v) is 9.05. The maximum atomic E-state index is 10.3. The van der Waals surface area contributed by atoms with Gasteiger partial charge in [-0.3, -0.25) is 9.59 Å². The van der Waals surface area contributed by atoms with Crippen LogP contribution < -0.4 is 0 Å². The van der Waals surface area contributed by atoms with E-state index in [2.05, 4.69) is 9.47 Å².